The van der Waals surface area contributed by atoms with Gasteiger partial charge in [-0.1, -0.05) is 0 Å². The maximum atomic E-state index is 11.0. The summed E-state index contributed by atoms with van der Waals surface area (Å²) in [6.45, 7) is 5.18. The quantitative estimate of drug-likeness (QED) is 0.490. The molecule has 0 aliphatic rings. The van der Waals surface area contributed by atoms with Gasteiger partial charge in [0, 0.05) is 6.42 Å². The Hall–Kier alpha value is -0.620. The van der Waals surface area contributed by atoms with Gasteiger partial charge in [0.2, 0.25) is 0 Å². The normalized spacial score (nSPS) is 13.5. The molecular formula is C9H18O5S. The Balaban J connectivity index is 3.85. The molecular weight excluding hydrogens is 220 g/mol. The van der Waals surface area contributed by atoms with Crippen LogP contribution in [0, 0.1) is 0 Å². The van der Waals surface area contributed by atoms with Gasteiger partial charge in [0.15, 0.2) is 0 Å². The lowest BCUT2D eigenvalue weighted by atomic mass is 10.2. The average molecular weight is 238 g/mol. The Morgan fingerprint density at radius 3 is 2.40 bits per heavy atom. The van der Waals surface area contributed by atoms with E-state index < -0.39 is 16.2 Å². The van der Waals surface area contributed by atoms with E-state index in [2.05, 4.69) is 0 Å². The number of hydrogen-bond donors (Lipinski definition) is 0. The molecule has 6 heteroatoms. The highest BCUT2D eigenvalue weighted by molar-refractivity contribution is 7.86. The van der Waals surface area contributed by atoms with Crippen molar-refractivity contribution in [3.8, 4) is 0 Å². The van der Waals surface area contributed by atoms with Crippen LogP contribution in [-0.4, -0.2) is 32.9 Å². The second-order valence-corrected chi connectivity index (χ2v) is 4.98. The van der Waals surface area contributed by atoms with E-state index in [1.807, 2.05) is 0 Å². The fourth-order valence-electron chi connectivity index (χ4n) is 0.921. The van der Waals surface area contributed by atoms with Crippen molar-refractivity contribution in [3.63, 3.8) is 0 Å². The zero-order valence-electron chi connectivity index (χ0n) is 9.36. The van der Waals surface area contributed by atoms with Gasteiger partial charge in [-0.2, -0.15) is 8.42 Å². The molecule has 0 bridgehead atoms. The zero-order chi connectivity index (χ0) is 11.9. The van der Waals surface area contributed by atoms with Gasteiger partial charge >= 0.3 is 5.97 Å². The van der Waals surface area contributed by atoms with Crippen LogP contribution in [0.2, 0.25) is 0 Å². The van der Waals surface area contributed by atoms with Crippen molar-refractivity contribution in [1.82, 2.24) is 0 Å². The first-order chi connectivity index (χ1) is 6.91. The molecule has 0 aromatic carbocycles. The highest BCUT2D eigenvalue weighted by Gasteiger charge is 2.15. The largest absolute Gasteiger partial charge is 0.466 e. The molecule has 0 radical (unpaired) electrons. The molecule has 0 fully saturated rings. The summed E-state index contributed by atoms with van der Waals surface area (Å²) in [5, 5.41) is 0. The Bertz CT molecular complexity index is 283. The molecule has 0 aliphatic heterocycles. The molecule has 0 aliphatic carbocycles. The number of hydrogen-bond acceptors (Lipinski definition) is 5. The first-order valence-electron chi connectivity index (χ1n) is 4.97. The second-order valence-electron chi connectivity index (χ2n) is 3.10. The Morgan fingerprint density at radius 1 is 1.33 bits per heavy atom. The fraction of sp³-hybridized carbons (Fsp3) is 0.889. The van der Waals surface area contributed by atoms with Crippen LogP contribution in [0.25, 0.3) is 0 Å². The predicted molar refractivity (Wildman–Crippen MR) is 55.9 cm³/mol. The van der Waals surface area contributed by atoms with Crippen molar-refractivity contribution >= 4 is 16.1 Å². The van der Waals surface area contributed by atoms with Crippen LogP contribution in [0.15, 0.2) is 0 Å². The summed E-state index contributed by atoms with van der Waals surface area (Å²) in [6.07, 6.45) is 0.0334. The third-order valence-corrected chi connectivity index (χ3v) is 3.05. The maximum absolute atomic E-state index is 11.0. The van der Waals surface area contributed by atoms with Crippen molar-refractivity contribution in [1.29, 1.82) is 0 Å². The third kappa shape index (κ3) is 7.33. The molecule has 5 nitrogen and oxygen atoms in total. The van der Waals surface area contributed by atoms with E-state index in [1.165, 1.54) is 6.92 Å². The number of ether oxygens (including phenoxy) is 1. The standard InChI is InChI=1S/C9H18O5S/c1-4-13-9(10)7-6-8(3)14-15(11,12)5-2/h8H,4-7H2,1-3H3. The SMILES string of the molecule is CCOC(=O)CCC(C)OS(=O)(=O)CC. The molecule has 0 saturated carbocycles. The lowest BCUT2D eigenvalue weighted by Gasteiger charge is -2.11. The molecule has 0 spiro atoms. The van der Waals surface area contributed by atoms with Crippen LogP contribution in [0.1, 0.15) is 33.6 Å². The van der Waals surface area contributed by atoms with Crippen LogP contribution in [0.3, 0.4) is 0 Å². The molecule has 0 N–H and O–H groups in total. The summed E-state index contributed by atoms with van der Waals surface area (Å²) < 4.78 is 31.6. The molecule has 1 atom stereocenters. The van der Waals surface area contributed by atoms with E-state index in [4.69, 9.17) is 8.92 Å². The van der Waals surface area contributed by atoms with Crippen molar-refractivity contribution in [2.45, 2.75) is 39.7 Å². The highest BCUT2D eigenvalue weighted by atomic mass is 32.2. The van der Waals surface area contributed by atoms with Gasteiger partial charge in [-0.3, -0.25) is 8.98 Å². The topological polar surface area (TPSA) is 69.7 Å². The number of carbonyl (C=O) groups is 1. The molecule has 0 saturated heterocycles. The van der Waals surface area contributed by atoms with Gasteiger partial charge in [0.25, 0.3) is 10.1 Å². The summed E-state index contributed by atoms with van der Waals surface area (Å²) >= 11 is 0. The smallest absolute Gasteiger partial charge is 0.305 e. The molecule has 0 heterocycles. The predicted octanol–water partition coefficient (Wildman–Crippen LogP) is 1.08. The van der Waals surface area contributed by atoms with Gasteiger partial charge in [-0.15, -0.1) is 0 Å². The minimum absolute atomic E-state index is 0.0588. The minimum Gasteiger partial charge on any atom is -0.466 e. The van der Waals surface area contributed by atoms with Crippen LogP contribution in [-0.2, 0) is 23.8 Å². The van der Waals surface area contributed by atoms with Crippen LogP contribution >= 0.6 is 0 Å². The molecule has 0 aromatic heterocycles. The van der Waals surface area contributed by atoms with E-state index in [-0.39, 0.29) is 18.1 Å². The molecule has 90 valence electrons. The fourth-order valence-corrected chi connectivity index (χ4v) is 1.65. The van der Waals surface area contributed by atoms with E-state index >= 15 is 0 Å². The Labute approximate surface area is 90.9 Å². The molecule has 0 aromatic rings. The van der Waals surface area contributed by atoms with Gasteiger partial charge in [-0.25, -0.2) is 0 Å². The first-order valence-corrected chi connectivity index (χ1v) is 6.55. The summed E-state index contributed by atoms with van der Waals surface area (Å²) in [4.78, 5) is 11.0. The van der Waals surface area contributed by atoms with E-state index in [9.17, 15) is 13.2 Å². The zero-order valence-corrected chi connectivity index (χ0v) is 10.2. The van der Waals surface area contributed by atoms with E-state index in [0.717, 1.165) is 0 Å². The average Bonchev–Trinajstić information content (AvgIpc) is 2.15. The highest BCUT2D eigenvalue weighted by Crippen LogP contribution is 2.07. The Kier molecular flexibility index (Phi) is 6.51. The van der Waals surface area contributed by atoms with Crippen molar-refractivity contribution in [2.24, 2.45) is 0 Å². The second kappa shape index (κ2) is 6.79. The lowest BCUT2D eigenvalue weighted by Crippen LogP contribution is -2.18. The minimum atomic E-state index is -3.43. The van der Waals surface area contributed by atoms with Crippen LogP contribution in [0.4, 0.5) is 0 Å². The number of esters is 1. The van der Waals surface area contributed by atoms with Gasteiger partial charge < -0.3 is 4.74 Å². The molecule has 15 heavy (non-hydrogen) atoms. The number of rotatable bonds is 7. The summed E-state index contributed by atoms with van der Waals surface area (Å²) in [7, 11) is -3.43. The molecule has 1 unspecified atom stereocenters. The van der Waals surface area contributed by atoms with Crippen molar-refractivity contribution in [3.05, 3.63) is 0 Å². The maximum Gasteiger partial charge on any atom is 0.305 e. The van der Waals surface area contributed by atoms with E-state index in [1.54, 1.807) is 13.8 Å². The van der Waals surface area contributed by atoms with Crippen LogP contribution in [0.5, 0.6) is 0 Å². The van der Waals surface area contributed by atoms with Crippen molar-refractivity contribution in [2.75, 3.05) is 12.4 Å². The van der Waals surface area contributed by atoms with Gasteiger partial charge in [-0.05, 0) is 27.2 Å². The summed E-state index contributed by atoms with van der Waals surface area (Å²) in [5.74, 6) is -0.390. The Morgan fingerprint density at radius 2 is 1.93 bits per heavy atom. The lowest BCUT2D eigenvalue weighted by molar-refractivity contribution is -0.143. The van der Waals surface area contributed by atoms with Crippen LogP contribution < -0.4 is 0 Å². The monoisotopic (exact) mass is 238 g/mol. The first kappa shape index (κ1) is 14.4. The van der Waals surface area contributed by atoms with Gasteiger partial charge in [0.05, 0.1) is 18.5 Å². The van der Waals surface area contributed by atoms with Gasteiger partial charge in [0.1, 0.15) is 0 Å². The third-order valence-electron chi connectivity index (χ3n) is 1.72. The number of carbonyl (C=O) groups excluding carboxylic acids is 1. The summed E-state index contributed by atoms with van der Waals surface area (Å²) in [6, 6.07) is 0. The summed E-state index contributed by atoms with van der Waals surface area (Å²) in [5.41, 5.74) is 0. The van der Waals surface area contributed by atoms with E-state index in [0.29, 0.717) is 13.0 Å². The molecule has 0 amide bonds. The van der Waals surface area contributed by atoms with Crippen molar-refractivity contribution < 1.29 is 22.1 Å². The molecule has 0 rings (SSSR count).